The van der Waals surface area contributed by atoms with Gasteiger partial charge in [-0.3, -0.25) is 10.1 Å². The molecule has 21 heavy (non-hydrogen) atoms. The molecule has 0 aliphatic heterocycles. The number of carboxylic acids is 1. The first-order chi connectivity index (χ1) is 9.90. The number of non-ortho nitro benzene ring substituents is 1. The Morgan fingerprint density at radius 3 is 2.29 bits per heavy atom. The number of nitro groups is 1. The van der Waals surface area contributed by atoms with E-state index in [0.29, 0.717) is 9.79 Å². The Morgan fingerprint density at radius 2 is 1.76 bits per heavy atom. The van der Waals surface area contributed by atoms with Crippen LogP contribution in [0.5, 0.6) is 0 Å². The molecule has 2 rings (SSSR count). The van der Waals surface area contributed by atoms with E-state index in [1.54, 1.807) is 18.2 Å². The Kier molecular flexibility index (Phi) is 4.72. The van der Waals surface area contributed by atoms with E-state index in [1.165, 1.54) is 18.2 Å². The largest absolute Gasteiger partial charge is 0.478 e. The van der Waals surface area contributed by atoms with Gasteiger partial charge in [-0.05, 0) is 12.1 Å². The number of nitrogens with zero attached hydrogens (tertiary/aromatic N) is 1. The zero-order valence-corrected chi connectivity index (χ0v) is 12.6. The molecule has 0 aliphatic carbocycles. The molecule has 0 aliphatic rings. The number of carbonyl (C=O) groups is 1. The summed E-state index contributed by atoms with van der Waals surface area (Å²) in [4.78, 5) is 22.1. The minimum absolute atomic E-state index is 0.0967. The number of carboxylic acid groups (broad SMARTS) is 1. The molecule has 0 atom stereocenters. The molecule has 0 fully saturated rings. The fourth-order valence-corrected chi connectivity index (χ4v) is 3.24. The van der Waals surface area contributed by atoms with E-state index in [2.05, 4.69) is 0 Å². The molecule has 5 nitrogen and oxygen atoms in total. The third kappa shape index (κ3) is 3.47. The van der Waals surface area contributed by atoms with Gasteiger partial charge in [0, 0.05) is 17.0 Å². The van der Waals surface area contributed by atoms with Crippen LogP contribution in [0.1, 0.15) is 10.4 Å². The molecular formula is C13H7Cl2NO4S. The van der Waals surface area contributed by atoms with Crippen molar-refractivity contribution in [2.75, 3.05) is 0 Å². The normalized spacial score (nSPS) is 10.4. The van der Waals surface area contributed by atoms with E-state index in [1.807, 2.05) is 0 Å². The van der Waals surface area contributed by atoms with Gasteiger partial charge in [0.15, 0.2) is 0 Å². The van der Waals surface area contributed by atoms with Crippen LogP contribution in [0.25, 0.3) is 0 Å². The third-order valence-corrected chi connectivity index (χ3v) is 4.56. The van der Waals surface area contributed by atoms with Gasteiger partial charge in [-0.1, -0.05) is 47.1 Å². The quantitative estimate of drug-likeness (QED) is 0.639. The Balaban J connectivity index is 2.46. The molecule has 2 aromatic rings. The number of hydrogen-bond acceptors (Lipinski definition) is 4. The van der Waals surface area contributed by atoms with Crippen LogP contribution in [-0.4, -0.2) is 16.0 Å². The molecule has 0 bridgehead atoms. The molecular weight excluding hydrogens is 337 g/mol. The standard InChI is InChI=1S/C13H7Cl2NO4S/c14-9-5-7(16(19)20)6-10(15)12(9)21-11-4-2-1-3-8(11)13(17)18/h1-6H,(H,17,18). The van der Waals surface area contributed by atoms with Crippen LogP contribution < -0.4 is 0 Å². The number of benzene rings is 2. The summed E-state index contributed by atoms with van der Waals surface area (Å²) < 4.78 is 0. The van der Waals surface area contributed by atoms with Gasteiger partial charge in [-0.2, -0.15) is 0 Å². The molecule has 0 saturated carbocycles. The predicted octanol–water partition coefficient (Wildman–Crippen LogP) is 4.75. The number of halogens is 2. The van der Waals surface area contributed by atoms with Crippen LogP contribution in [0.15, 0.2) is 46.2 Å². The maximum atomic E-state index is 11.2. The van der Waals surface area contributed by atoms with Crippen molar-refractivity contribution < 1.29 is 14.8 Å². The minimum atomic E-state index is -1.08. The zero-order valence-electron chi connectivity index (χ0n) is 10.2. The summed E-state index contributed by atoms with van der Waals surface area (Å²) in [6, 6.07) is 8.72. The van der Waals surface area contributed by atoms with Crippen LogP contribution in [0, 0.1) is 10.1 Å². The van der Waals surface area contributed by atoms with Crippen LogP contribution in [0.3, 0.4) is 0 Å². The second kappa shape index (κ2) is 6.34. The third-order valence-electron chi connectivity index (χ3n) is 2.52. The van der Waals surface area contributed by atoms with Crippen molar-refractivity contribution in [2.45, 2.75) is 9.79 Å². The van der Waals surface area contributed by atoms with Gasteiger partial charge >= 0.3 is 5.97 Å². The van der Waals surface area contributed by atoms with Crippen molar-refractivity contribution >= 4 is 46.6 Å². The number of aromatic carboxylic acids is 1. The van der Waals surface area contributed by atoms with Crippen molar-refractivity contribution in [3.05, 3.63) is 62.1 Å². The first-order valence-corrected chi connectivity index (χ1v) is 7.11. The topological polar surface area (TPSA) is 80.4 Å². The van der Waals surface area contributed by atoms with Crippen molar-refractivity contribution in [3.63, 3.8) is 0 Å². The number of nitro benzene ring substituents is 1. The average Bonchev–Trinajstić information content (AvgIpc) is 2.42. The lowest BCUT2D eigenvalue weighted by Crippen LogP contribution is -1.98. The monoisotopic (exact) mass is 343 g/mol. The highest BCUT2D eigenvalue weighted by Crippen LogP contribution is 2.41. The fourth-order valence-electron chi connectivity index (χ4n) is 1.59. The summed E-state index contributed by atoms with van der Waals surface area (Å²) in [6.07, 6.45) is 0. The highest BCUT2D eigenvalue weighted by molar-refractivity contribution is 7.99. The van der Waals surface area contributed by atoms with Crippen molar-refractivity contribution in [3.8, 4) is 0 Å². The summed E-state index contributed by atoms with van der Waals surface area (Å²) >= 11 is 13.1. The first-order valence-electron chi connectivity index (χ1n) is 5.53. The molecule has 0 heterocycles. The molecule has 0 radical (unpaired) electrons. The van der Waals surface area contributed by atoms with Gasteiger partial charge in [-0.25, -0.2) is 4.79 Å². The molecule has 0 saturated heterocycles. The molecule has 2 aromatic carbocycles. The highest BCUT2D eigenvalue weighted by atomic mass is 35.5. The van der Waals surface area contributed by atoms with Crippen LogP contribution in [-0.2, 0) is 0 Å². The van der Waals surface area contributed by atoms with Gasteiger partial charge in [0.05, 0.1) is 25.4 Å². The maximum absolute atomic E-state index is 11.2. The SMILES string of the molecule is O=C(O)c1ccccc1Sc1c(Cl)cc([N+](=O)[O-])cc1Cl. The van der Waals surface area contributed by atoms with E-state index in [9.17, 15) is 14.9 Å². The van der Waals surface area contributed by atoms with E-state index in [0.717, 1.165) is 11.8 Å². The molecule has 0 amide bonds. The maximum Gasteiger partial charge on any atom is 0.336 e. The van der Waals surface area contributed by atoms with Gasteiger partial charge in [0.1, 0.15) is 0 Å². The van der Waals surface area contributed by atoms with Crippen LogP contribution in [0.2, 0.25) is 10.0 Å². The Bertz CT molecular complexity index is 713. The van der Waals surface area contributed by atoms with Crippen molar-refractivity contribution in [1.82, 2.24) is 0 Å². The predicted molar refractivity (Wildman–Crippen MR) is 80.6 cm³/mol. The smallest absolute Gasteiger partial charge is 0.336 e. The van der Waals surface area contributed by atoms with Crippen molar-refractivity contribution in [1.29, 1.82) is 0 Å². The van der Waals surface area contributed by atoms with Crippen molar-refractivity contribution in [2.24, 2.45) is 0 Å². The van der Waals surface area contributed by atoms with Gasteiger partial charge in [0.25, 0.3) is 5.69 Å². The molecule has 8 heteroatoms. The Morgan fingerprint density at radius 1 is 1.19 bits per heavy atom. The van der Waals surface area contributed by atoms with Gasteiger partial charge in [-0.15, -0.1) is 0 Å². The molecule has 0 unspecified atom stereocenters. The van der Waals surface area contributed by atoms with Gasteiger partial charge in [0.2, 0.25) is 0 Å². The molecule has 0 spiro atoms. The summed E-state index contributed by atoms with van der Waals surface area (Å²) in [7, 11) is 0. The highest BCUT2D eigenvalue weighted by Gasteiger charge is 2.18. The number of hydrogen-bond donors (Lipinski definition) is 1. The van der Waals surface area contributed by atoms with Crippen LogP contribution >= 0.6 is 35.0 Å². The lowest BCUT2D eigenvalue weighted by atomic mass is 10.2. The fraction of sp³-hybridized carbons (Fsp3) is 0. The summed E-state index contributed by atoms with van der Waals surface area (Å²) in [5.74, 6) is -1.08. The summed E-state index contributed by atoms with van der Waals surface area (Å²) in [5, 5.41) is 20.0. The summed E-state index contributed by atoms with van der Waals surface area (Å²) in [5.41, 5.74) is -0.117. The minimum Gasteiger partial charge on any atom is -0.478 e. The lowest BCUT2D eigenvalue weighted by molar-refractivity contribution is -0.384. The van der Waals surface area contributed by atoms with E-state index >= 15 is 0 Å². The van der Waals surface area contributed by atoms with E-state index in [-0.39, 0.29) is 21.3 Å². The summed E-state index contributed by atoms with van der Waals surface area (Å²) in [6.45, 7) is 0. The molecule has 108 valence electrons. The Hall–Kier alpha value is -1.76. The lowest BCUT2D eigenvalue weighted by Gasteiger charge is -2.09. The molecule has 0 aromatic heterocycles. The average molecular weight is 344 g/mol. The second-order valence-electron chi connectivity index (χ2n) is 3.90. The number of rotatable bonds is 4. The van der Waals surface area contributed by atoms with Gasteiger partial charge < -0.3 is 5.11 Å². The van der Waals surface area contributed by atoms with E-state index < -0.39 is 10.9 Å². The Labute approximate surface area is 133 Å². The van der Waals surface area contributed by atoms with Crippen LogP contribution in [0.4, 0.5) is 5.69 Å². The first kappa shape index (κ1) is 15.6. The van der Waals surface area contributed by atoms with E-state index in [4.69, 9.17) is 28.3 Å². The second-order valence-corrected chi connectivity index (χ2v) is 5.77. The molecule has 1 N–H and O–H groups in total. The zero-order chi connectivity index (χ0) is 15.6.